The molecule has 0 saturated carbocycles. The van der Waals surface area contributed by atoms with Crippen molar-refractivity contribution < 1.29 is 22.3 Å². The van der Waals surface area contributed by atoms with Crippen molar-refractivity contribution in [3.63, 3.8) is 0 Å². The molecule has 0 aliphatic carbocycles. The summed E-state index contributed by atoms with van der Waals surface area (Å²) in [5.74, 6) is 1.29. The van der Waals surface area contributed by atoms with Gasteiger partial charge in [-0.05, 0) is 42.0 Å². The van der Waals surface area contributed by atoms with Crippen LogP contribution in [0.2, 0.25) is 0 Å². The van der Waals surface area contributed by atoms with Crippen molar-refractivity contribution in [1.29, 1.82) is 0 Å². The van der Waals surface area contributed by atoms with E-state index in [0.29, 0.717) is 17.1 Å². The molecule has 1 aromatic heterocycles. The van der Waals surface area contributed by atoms with Crippen LogP contribution in [0.25, 0.3) is 21.9 Å². The summed E-state index contributed by atoms with van der Waals surface area (Å²) in [6.07, 6.45) is 0. The zero-order chi connectivity index (χ0) is 18.4. The Balaban J connectivity index is 1.45. The van der Waals surface area contributed by atoms with Gasteiger partial charge in [0.05, 0.1) is 4.90 Å². The fraction of sp³-hybridized carbons (Fsp3) is 0.100. The van der Waals surface area contributed by atoms with Crippen LogP contribution in [0, 0.1) is 0 Å². The number of para-hydroxylation sites is 1. The highest BCUT2D eigenvalue weighted by atomic mass is 32.2. The van der Waals surface area contributed by atoms with Crippen LogP contribution in [0.15, 0.2) is 70.0 Å². The van der Waals surface area contributed by atoms with Crippen molar-refractivity contribution in [2.24, 2.45) is 0 Å². The number of sulfonamides is 1. The van der Waals surface area contributed by atoms with Gasteiger partial charge in [0, 0.05) is 17.3 Å². The molecule has 1 aliphatic rings. The number of rotatable bonds is 4. The zero-order valence-electron chi connectivity index (χ0n) is 14.1. The summed E-state index contributed by atoms with van der Waals surface area (Å²) in [6, 6.07) is 17.8. The number of hydrogen-bond donors (Lipinski definition) is 1. The maximum Gasteiger partial charge on any atom is 0.240 e. The van der Waals surface area contributed by atoms with Crippen LogP contribution in [0.4, 0.5) is 0 Å². The van der Waals surface area contributed by atoms with Crippen molar-refractivity contribution in [3.8, 4) is 11.5 Å². The molecule has 0 unspecified atom stereocenters. The van der Waals surface area contributed by atoms with Gasteiger partial charge in [0.2, 0.25) is 16.8 Å². The molecular formula is C20H15NO5S. The van der Waals surface area contributed by atoms with Gasteiger partial charge in [-0.25, -0.2) is 13.1 Å². The van der Waals surface area contributed by atoms with Crippen LogP contribution in [-0.4, -0.2) is 15.2 Å². The number of benzene rings is 3. The first-order valence-corrected chi connectivity index (χ1v) is 9.88. The summed E-state index contributed by atoms with van der Waals surface area (Å²) in [7, 11) is -3.67. The molecule has 136 valence electrons. The van der Waals surface area contributed by atoms with Gasteiger partial charge in [-0.15, -0.1) is 0 Å². The van der Waals surface area contributed by atoms with Crippen LogP contribution in [0.5, 0.6) is 11.5 Å². The number of fused-ring (bicyclic) bond motifs is 4. The predicted molar refractivity (Wildman–Crippen MR) is 100 cm³/mol. The molecule has 3 aromatic carbocycles. The largest absolute Gasteiger partial charge is 0.456 e. The van der Waals surface area contributed by atoms with Gasteiger partial charge in [0.25, 0.3) is 0 Å². The molecule has 7 heteroatoms. The van der Waals surface area contributed by atoms with Crippen molar-refractivity contribution in [3.05, 3.63) is 66.2 Å². The Kier molecular flexibility index (Phi) is 3.60. The lowest BCUT2D eigenvalue weighted by molar-refractivity contribution is 0.174. The average Bonchev–Trinajstić information content (AvgIpc) is 3.29. The lowest BCUT2D eigenvalue weighted by atomic mass is 10.1. The van der Waals surface area contributed by atoms with E-state index >= 15 is 0 Å². The van der Waals surface area contributed by atoms with Crippen molar-refractivity contribution >= 4 is 32.0 Å². The molecule has 1 N–H and O–H groups in total. The van der Waals surface area contributed by atoms with E-state index in [0.717, 1.165) is 21.9 Å². The first-order valence-electron chi connectivity index (χ1n) is 8.40. The Morgan fingerprint density at radius 3 is 2.59 bits per heavy atom. The van der Waals surface area contributed by atoms with Crippen molar-refractivity contribution in [2.75, 3.05) is 6.79 Å². The molecule has 0 spiro atoms. The third-order valence-corrected chi connectivity index (χ3v) is 5.96. The molecule has 0 atom stereocenters. The topological polar surface area (TPSA) is 77.8 Å². The number of nitrogens with one attached hydrogen (secondary N) is 1. The monoisotopic (exact) mass is 381 g/mol. The van der Waals surface area contributed by atoms with Crippen LogP contribution in [0.1, 0.15) is 5.56 Å². The highest BCUT2D eigenvalue weighted by Crippen LogP contribution is 2.33. The molecule has 27 heavy (non-hydrogen) atoms. The normalized spacial score (nSPS) is 13.5. The van der Waals surface area contributed by atoms with Crippen LogP contribution < -0.4 is 14.2 Å². The molecule has 1 aliphatic heterocycles. The highest BCUT2D eigenvalue weighted by molar-refractivity contribution is 7.89. The van der Waals surface area contributed by atoms with E-state index in [1.165, 1.54) is 0 Å². The van der Waals surface area contributed by atoms with Gasteiger partial charge in [-0.3, -0.25) is 0 Å². The lowest BCUT2D eigenvalue weighted by Crippen LogP contribution is -2.23. The Morgan fingerprint density at radius 2 is 1.67 bits per heavy atom. The zero-order valence-corrected chi connectivity index (χ0v) is 15.0. The Labute approximate surface area is 155 Å². The number of hydrogen-bond acceptors (Lipinski definition) is 5. The molecular weight excluding hydrogens is 366 g/mol. The average molecular weight is 381 g/mol. The summed E-state index contributed by atoms with van der Waals surface area (Å²) in [4.78, 5) is 0.197. The van der Waals surface area contributed by atoms with Crippen molar-refractivity contribution in [1.82, 2.24) is 4.72 Å². The fourth-order valence-electron chi connectivity index (χ4n) is 3.18. The second-order valence-corrected chi connectivity index (χ2v) is 8.04. The fourth-order valence-corrected chi connectivity index (χ4v) is 4.23. The molecule has 0 radical (unpaired) electrons. The van der Waals surface area contributed by atoms with Crippen LogP contribution in [0.3, 0.4) is 0 Å². The van der Waals surface area contributed by atoms with Crippen LogP contribution in [-0.2, 0) is 16.6 Å². The smallest absolute Gasteiger partial charge is 0.240 e. The first-order chi connectivity index (χ1) is 13.1. The van der Waals surface area contributed by atoms with Gasteiger partial charge < -0.3 is 13.9 Å². The summed E-state index contributed by atoms with van der Waals surface area (Å²) in [5, 5.41) is 1.66. The van der Waals surface area contributed by atoms with Gasteiger partial charge in [0.15, 0.2) is 11.5 Å². The Morgan fingerprint density at radius 1 is 0.852 bits per heavy atom. The summed E-state index contributed by atoms with van der Waals surface area (Å²) >= 11 is 0. The molecule has 4 aromatic rings. The second kappa shape index (κ2) is 6.00. The van der Waals surface area contributed by atoms with E-state index in [4.69, 9.17) is 13.9 Å². The Hall–Kier alpha value is -3.03. The molecule has 2 heterocycles. The van der Waals surface area contributed by atoms with Gasteiger partial charge >= 0.3 is 0 Å². The van der Waals surface area contributed by atoms with Gasteiger partial charge in [0.1, 0.15) is 11.2 Å². The minimum atomic E-state index is -3.67. The SMILES string of the molecule is O=S(=O)(NCc1ccc2c(c1)OCO2)c1ccc2oc3ccccc3c2c1. The number of ether oxygens (including phenoxy) is 2. The van der Waals surface area contributed by atoms with Gasteiger partial charge in [-0.1, -0.05) is 24.3 Å². The quantitative estimate of drug-likeness (QED) is 0.582. The highest BCUT2D eigenvalue weighted by Gasteiger charge is 2.18. The standard InChI is InChI=1S/C20H15NO5S/c22-27(23,21-11-13-5-7-19-20(9-13)25-12-24-19)14-6-8-18-16(10-14)15-3-1-2-4-17(15)26-18/h1-10,21H,11-12H2. The van der Waals surface area contributed by atoms with E-state index in [9.17, 15) is 8.42 Å². The predicted octanol–water partition coefficient (Wildman–Crippen LogP) is 3.79. The molecule has 0 fully saturated rings. The number of furan rings is 1. The van der Waals surface area contributed by atoms with Crippen LogP contribution >= 0.6 is 0 Å². The third kappa shape index (κ3) is 2.81. The van der Waals surface area contributed by atoms with E-state index in [2.05, 4.69) is 4.72 Å². The first kappa shape index (κ1) is 16.2. The summed E-state index contributed by atoms with van der Waals surface area (Å²) in [6.45, 7) is 0.340. The van der Waals surface area contributed by atoms with Gasteiger partial charge in [-0.2, -0.15) is 0 Å². The molecule has 6 nitrogen and oxygen atoms in total. The van der Waals surface area contributed by atoms with E-state index < -0.39 is 10.0 Å². The molecule has 5 rings (SSSR count). The molecule has 0 amide bonds. The maximum absolute atomic E-state index is 12.7. The van der Waals surface area contributed by atoms with E-state index in [1.54, 1.807) is 30.3 Å². The molecule has 0 bridgehead atoms. The second-order valence-electron chi connectivity index (χ2n) is 6.27. The molecule has 0 saturated heterocycles. The van der Waals surface area contributed by atoms with Crippen molar-refractivity contribution in [2.45, 2.75) is 11.4 Å². The minimum absolute atomic E-state index is 0.156. The lowest BCUT2D eigenvalue weighted by Gasteiger charge is -2.08. The third-order valence-electron chi connectivity index (χ3n) is 4.56. The van der Waals surface area contributed by atoms with E-state index in [-0.39, 0.29) is 18.2 Å². The maximum atomic E-state index is 12.7. The minimum Gasteiger partial charge on any atom is -0.456 e. The summed E-state index contributed by atoms with van der Waals surface area (Å²) in [5.41, 5.74) is 2.18. The van der Waals surface area contributed by atoms with E-state index in [1.807, 2.05) is 30.3 Å². The Bertz CT molecular complexity index is 1280. The summed E-state index contributed by atoms with van der Waals surface area (Å²) < 4.78 is 44.5.